The van der Waals surface area contributed by atoms with Crippen LogP contribution in [0.25, 0.3) is 0 Å². The van der Waals surface area contributed by atoms with Crippen molar-refractivity contribution < 1.29 is 13.2 Å². The van der Waals surface area contributed by atoms with Crippen molar-refractivity contribution in [2.45, 2.75) is 36.6 Å². The SMILES string of the molecule is O=C(N[C@@H]1C[C@@H]2CC[C@@H]1C2)c1ccc(NS(=O)(=O)c2ccc(Cl)cc2)cc1Cl. The maximum atomic E-state index is 12.6. The molecule has 0 radical (unpaired) electrons. The Kier molecular flexibility index (Phi) is 5.29. The van der Waals surface area contributed by atoms with E-state index in [1.54, 1.807) is 6.07 Å². The summed E-state index contributed by atoms with van der Waals surface area (Å²) in [4.78, 5) is 12.7. The lowest BCUT2D eigenvalue weighted by molar-refractivity contribution is 0.0923. The molecule has 0 spiro atoms. The number of amides is 1. The lowest BCUT2D eigenvalue weighted by Crippen LogP contribution is -2.38. The standard InChI is InChI=1S/C20H20Cl2N2O3S/c21-14-3-6-16(7-4-14)28(26,27)24-15-5-8-17(18(22)11-15)20(25)23-19-10-12-1-2-13(19)9-12/h3-8,11-13,19,24H,1-2,9-10H2,(H,23,25)/t12-,13-,19-/m1/s1. The highest BCUT2D eigenvalue weighted by molar-refractivity contribution is 7.92. The van der Waals surface area contributed by atoms with Gasteiger partial charge < -0.3 is 5.32 Å². The summed E-state index contributed by atoms with van der Waals surface area (Å²) in [6.45, 7) is 0. The van der Waals surface area contributed by atoms with Crippen LogP contribution in [0.3, 0.4) is 0 Å². The summed E-state index contributed by atoms with van der Waals surface area (Å²) in [6, 6.07) is 10.6. The van der Waals surface area contributed by atoms with E-state index in [1.165, 1.54) is 55.7 Å². The molecule has 0 aromatic heterocycles. The molecule has 2 N–H and O–H groups in total. The van der Waals surface area contributed by atoms with Gasteiger partial charge in [0.1, 0.15) is 0 Å². The minimum atomic E-state index is -3.77. The highest BCUT2D eigenvalue weighted by Crippen LogP contribution is 2.44. The molecule has 0 aliphatic heterocycles. The monoisotopic (exact) mass is 438 g/mol. The van der Waals surface area contributed by atoms with Gasteiger partial charge in [-0.2, -0.15) is 0 Å². The molecular formula is C20H20Cl2N2O3S. The Morgan fingerprint density at radius 3 is 2.36 bits per heavy atom. The third kappa shape index (κ3) is 4.00. The summed E-state index contributed by atoms with van der Waals surface area (Å²) >= 11 is 12.1. The average molecular weight is 439 g/mol. The molecule has 8 heteroatoms. The van der Waals surface area contributed by atoms with Crippen molar-refractivity contribution in [3.63, 3.8) is 0 Å². The van der Waals surface area contributed by atoms with Crippen LogP contribution in [0.1, 0.15) is 36.0 Å². The van der Waals surface area contributed by atoms with Gasteiger partial charge in [-0.25, -0.2) is 8.42 Å². The van der Waals surface area contributed by atoms with E-state index in [2.05, 4.69) is 10.0 Å². The van der Waals surface area contributed by atoms with Gasteiger partial charge in [0.15, 0.2) is 0 Å². The number of hydrogen-bond donors (Lipinski definition) is 2. The van der Waals surface area contributed by atoms with Crippen molar-refractivity contribution in [2.24, 2.45) is 11.8 Å². The second-order valence-corrected chi connectivity index (χ2v) is 10.0. The van der Waals surface area contributed by atoms with Crippen LogP contribution in [0.4, 0.5) is 5.69 Å². The Hall–Kier alpha value is -1.76. The Morgan fingerprint density at radius 2 is 1.75 bits per heavy atom. The normalized spacial score (nSPS) is 23.6. The average Bonchev–Trinajstić information content (AvgIpc) is 3.24. The van der Waals surface area contributed by atoms with Crippen molar-refractivity contribution in [3.05, 3.63) is 58.1 Å². The fourth-order valence-electron chi connectivity index (χ4n) is 4.26. The molecule has 2 saturated carbocycles. The van der Waals surface area contributed by atoms with E-state index in [9.17, 15) is 13.2 Å². The second-order valence-electron chi connectivity index (χ2n) is 7.51. The second kappa shape index (κ2) is 7.58. The Bertz CT molecular complexity index is 1010. The Morgan fingerprint density at radius 1 is 1.00 bits per heavy atom. The number of nitrogens with one attached hydrogen (secondary N) is 2. The summed E-state index contributed by atoms with van der Waals surface area (Å²) in [5.74, 6) is 1.09. The molecule has 4 rings (SSSR count). The summed E-state index contributed by atoms with van der Waals surface area (Å²) in [5.41, 5.74) is 0.635. The van der Waals surface area contributed by atoms with Crippen molar-refractivity contribution >= 4 is 44.8 Å². The number of carbonyl (C=O) groups is 1. The van der Waals surface area contributed by atoms with Crippen molar-refractivity contribution in [1.82, 2.24) is 5.32 Å². The molecule has 0 heterocycles. The van der Waals surface area contributed by atoms with Gasteiger partial charge in [0.25, 0.3) is 15.9 Å². The van der Waals surface area contributed by atoms with Crippen LogP contribution in [0.2, 0.25) is 10.0 Å². The quantitative estimate of drug-likeness (QED) is 0.709. The number of hydrogen-bond acceptors (Lipinski definition) is 3. The molecule has 2 aromatic rings. The zero-order chi connectivity index (χ0) is 19.9. The van der Waals surface area contributed by atoms with Crippen LogP contribution in [-0.2, 0) is 10.0 Å². The largest absolute Gasteiger partial charge is 0.349 e. The van der Waals surface area contributed by atoms with Crippen LogP contribution in [0, 0.1) is 11.8 Å². The third-order valence-electron chi connectivity index (χ3n) is 5.64. The van der Waals surface area contributed by atoms with Gasteiger partial charge in [-0.3, -0.25) is 9.52 Å². The molecule has 2 fully saturated rings. The van der Waals surface area contributed by atoms with E-state index >= 15 is 0 Å². The number of carbonyl (C=O) groups excluding carboxylic acids is 1. The molecule has 148 valence electrons. The maximum absolute atomic E-state index is 12.6. The van der Waals surface area contributed by atoms with Crippen molar-refractivity contribution in [2.75, 3.05) is 4.72 Å². The van der Waals surface area contributed by atoms with Gasteiger partial charge in [0.2, 0.25) is 0 Å². The first-order valence-corrected chi connectivity index (χ1v) is 11.4. The molecule has 0 saturated heterocycles. The molecule has 2 aliphatic rings. The zero-order valence-electron chi connectivity index (χ0n) is 15.0. The number of fused-ring (bicyclic) bond motifs is 2. The predicted octanol–water partition coefficient (Wildman–Crippen LogP) is 4.71. The molecule has 3 atom stereocenters. The minimum Gasteiger partial charge on any atom is -0.349 e. The first kappa shape index (κ1) is 19.6. The predicted molar refractivity (Wildman–Crippen MR) is 110 cm³/mol. The van der Waals surface area contributed by atoms with Crippen LogP contribution < -0.4 is 10.0 Å². The minimum absolute atomic E-state index is 0.0890. The van der Waals surface area contributed by atoms with Gasteiger partial charge in [0.05, 0.1) is 21.2 Å². The summed E-state index contributed by atoms with van der Waals surface area (Å²) in [6.07, 6.45) is 4.67. The molecule has 2 bridgehead atoms. The van der Waals surface area contributed by atoms with Crippen molar-refractivity contribution in [3.8, 4) is 0 Å². The topological polar surface area (TPSA) is 75.3 Å². The van der Waals surface area contributed by atoms with E-state index in [0.717, 1.165) is 12.3 Å². The number of anilines is 1. The lowest BCUT2D eigenvalue weighted by atomic mass is 9.95. The molecule has 1 amide bonds. The van der Waals surface area contributed by atoms with Crippen LogP contribution in [0.15, 0.2) is 47.4 Å². The first-order chi connectivity index (χ1) is 13.3. The van der Waals surface area contributed by atoms with Gasteiger partial charge in [0, 0.05) is 11.1 Å². The Balaban J connectivity index is 1.46. The van der Waals surface area contributed by atoms with Crippen LogP contribution >= 0.6 is 23.2 Å². The van der Waals surface area contributed by atoms with Crippen LogP contribution in [0.5, 0.6) is 0 Å². The van der Waals surface area contributed by atoms with Gasteiger partial charge in [-0.15, -0.1) is 0 Å². The molecule has 2 aliphatic carbocycles. The highest BCUT2D eigenvalue weighted by atomic mass is 35.5. The molecular weight excluding hydrogens is 419 g/mol. The fourth-order valence-corrected chi connectivity index (χ4v) is 5.70. The maximum Gasteiger partial charge on any atom is 0.261 e. The molecule has 5 nitrogen and oxygen atoms in total. The van der Waals surface area contributed by atoms with Gasteiger partial charge in [-0.1, -0.05) is 29.6 Å². The van der Waals surface area contributed by atoms with E-state index in [-0.39, 0.29) is 27.6 Å². The first-order valence-electron chi connectivity index (χ1n) is 9.20. The molecule has 0 unspecified atom stereocenters. The van der Waals surface area contributed by atoms with Crippen molar-refractivity contribution in [1.29, 1.82) is 0 Å². The van der Waals surface area contributed by atoms with Crippen LogP contribution in [-0.4, -0.2) is 20.4 Å². The highest BCUT2D eigenvalue weighted by Gasteiger charge is 2.40. The van der Waals surface area contributed by atoms with E-state index < -0.39 is 10.0 Å². The summed E-state index contributed by atoms with van der Waals surface area (Å²) in [5, 5.41) is 3.75. The lowest BCUT2D eigenvalue weighted by Gasteiger charge is -2.23. The Labute approximate surface area is 174 Å². The van der Waals surface area contributed by atoms with E-state index in [1.807, 2.05) is 0 Å². The van der Waals surface area contributed by atoms with E-state index in [4.69, 9.17) is 23.2 Å². The zero-order valence-corrected chi connectivity index (χ0v) is 17.3. The summed E-state index contributed by atoms with van der Waals surface area (Å²) in [7, 11) is -3.77. The van der Waals surface area contributed by atoms with Gasteiger partial charge in [-0.05, 0) is 73.6 Å². The molecule has 2 aromatic carbocycles. The van der Waals surface area contributed by atoms with E-state index in [0.29, 0.717) is 16.5 Å². The smallest absolute Gasteiger partial charge is 0.261 e. The number of benzene rings is 2. The molecule has 28 heavy (non-hydrogen) atoms. The van der Waals surface area contributed by atoms with Gasteiger partial charge >= 0.3 is 0 Å². The fraction of sp³-hybridized carbons (Fsp3) is 0.350. The number of rotatable bonds is 5. The number of sulfonamides is 1. The summed E-state index contributed by atoms with van der Waals surface area (Å²) < 4.78 is 27.4. The third-order valence-corrected chi connectivity index (χ3v) is 7.61. The number of halogens is 2.